The molecule has 0 aromatic carbocycles. The summed E-state index contributed by atoms with van der Waals surface area (Å²) in [5.41, 5.74) is 0.430. The van der Waals surface area contributed by atoms with Gasteiger partial charge in [0.2, 0.25) is 5.89 Å². The fraction of sp³-hybridized carbons (Fsp3) is 0.833. The lowest BCUT2D eigenvalue weighted by Crippen LogP contribution is -2.13. The van der Waals surface area contributed by atoms with Crippen molar-refractivity contribution in [3.8, 4) is 0 Å². The van der Waals surface area contributed by atoms with Crippen molar-refractivity contribution >= 4 is 0 Å². The molecule has 1 aliphatic heterocycles. The van der Waals surface area contributed by atoms with Gasteiger partial charge in [0.15, 0.2) is 5.82 Å². The molecular formula is C12H19N3O. The Labute approximate surface area is 95.8 Å². The molecule has 4 heteroatoms. The Bertz CT molecular complexity index is 399. The van der Waals surface area contributed by atoms with E-state index in [1.54, 1.807) is 0 Å². The van der Waals surface area contributed by atoms with E-state index < -0.39 is 0 Å². The first kappa shape index (κ1) is 10.3. The van der Waals surface area contributed by atoms with Gasteiger partial charge in [-0.1, -0.05) is 25.9 Å². The summed E-state index contributed by atoms with van der Waals surface area (Å²) in [6.45, 7) is 8.59. The summed E-state index contributed by atoms with van der Waals surface area (Å²) in [7, 11) is 0. The molecule has 1 spiro atoms. The summed E-state index contributed by atoms with van der Waals surface area (Å²) in [4.78, 5) is 4.56. The minimum Gasteiger partial charge on any atom is -0.339 e. The lowest BCUT2D eigenvalue weighted by molar-refractivity contribution is 0.351. The molecule has 1 N–H and O–H groups in total. The van der Waals surface area contributed by atoms with Crippen molar-refractivity contribution in [2.75, 3.05) is 13.1 Å². The fourth-order valence-corrected chi connectivity index (χ4v) is 2.61. The smallest absolute Gasteiger partial charge is 0.230 e. The van der Waals surface area contributed by atoms with Gasteiger partial charge in [-0.15, -0.1) is 0 Å². The number of hydrogen-bond acceptors (Lipinski definition) is 4. The maximum absolute atomic E-state index is 5.41. The zero-order chi connectivity index (χ0) is 11.4. The predicted octanol–water partition coefficient (Wildman–Crippen LogP) is 1.83. The number of rotatable bonds is 1. The van der Waals surface area contributed by atoms with E-state index in [0.717, 1.165) is 24.8 Å². The molecule has 1 aromatic heterocycles. The van der Waals surface area contributed by atoms with Crippen LogP contribution in [0.4, 0.5) is 0 Å². The van der Waals surface area contributed by atoms with Gasteiger partial charge in [-0.3, -0.25) is 0 Å². The Kier molecular flexibility index (Phi) is 1.97. The fourth-order valence-electron chi connectivity index (χ4n) is 2.61. The standard InChI is InChI=1S/C12H19N3O/c1-11(2,3)10-14-9(16-15-10)8-6-12(8)4-5-13-7-12/h8,13H,4-7H2,1-3H3. The van der Waals surface area contributed by atoms with E-state index >= 15 is 0 Å². The molecule has 1 aliphatic carbocycles. The molecule has 0 amide bonds. The average Bonchev–Trinajstić information content (AvgIpc) is 2.64. The van der Waals surface area contributed by atoms with Crippen LogP contribution >= 0.6 is 0 Å². The van der Waals surface area contributed by atoms with E-state index in [-0.39, 0.29) is 5.41 Å². The minimum absolute atomic E-state index is 0.0161. The highest BCUT2D eigenvalue weighted by atomic mass is 16.5. The monoisotopic (exact) mass is 221 g/mol. The van der Waals surface area contributed by atoms with Crippen LogP contribution in [0.2, 0.25) is 0 Å². The molecule has 1 saturated heterocycles. The second kappa shape index (κ2) is 3.06. The van der Waals surface area contributed by atoms with Crippen molar-refractivity contribution in [2.24, 2.45) is 5.41 Å². The Hall–Kier alpha value is -0.900. The normalized spacial score (nSPS) is 33.6. The maximum Gasteiger partial charge on any atom is 0.230 e. The molecule has 3 rings (SSSR count). The maximum atomic E-state index is 5.41. The van der Waals surface area contributed by atoms with Crippen LogP contribution in [0.15, 0.2) is 4.52 Å². The summed E-state index contributed by atoms with van der Waals surface area (Å²) in [6, 6.07) is 0. The predicted molar refractivity (Wildman–Crippen MR) is 60.3 cm³/mol. The summed E-state index contributed by atoms with van der Waals surface area (Å²) >= 11 is 0. The van der Waals surface area contributed by atoms with Gasteiger partial charge in [0, 0.05) is 17.9 Å². The van der Waals surface area contributed by atoms with Gasteiger partial charge in [-0.05, 0) is 24.8 Å². The highest BCUT2D eigenvalue weighted by Crippen LogP contribution is 2.62. The largest absolute Gasteiger partial charge is 0.339 e. The average molecular weight is 221 g/mol. The second-order valence-electron chi connectivity index (χ2n) is 6.25. The molecule has 2 aliphatic rings. The third-order valence-electron chi connectivity index (χ3n) is 3.88. The zero-order valence-electron chi connectivity index (χ0n) is 10.2. The first-order valence-electron chi connectivity index (χ1n) is 6.06. The van der Waals surface area contributed by atoms with E-state index in [1.165, 1.54) is 12.8 Å². The molecule has 16 heavy (non-hydrogen) atoms. The van der Waals surface area contributed by atoms with Crippen molar-refractivity contribution in [1.82, 2.24) is 15.5 Å². The van der Waals surface area contributed by atoms with Crippen molar-refractivity contribution in [3.05, 3.63) is 11.7 Å². The van der Waals surface area contributed by atoms with Crippen molar-refractivity contribution in [1.29, 1.82) is 0 Å². The third kappa shape index (κ3) is 1.47. The molecule has 2 unspecified atom stereocenters. The lowest BCUT2D eigenvalue weighted by atomic mass is 9.96. The van der Waals surface area contributed by atoms with Gasteiger partial charge < -0.3 is 9.84 Å². The van der Waals surface area contributed by atoms with Gasteiger partial charge in [0.1, 0.15) is 0 Å². The first-order chi connectivity index (χ1) is 7.51. The van der Waals surface area contributed by atoms with Crippen molar-refractivity contribution in [3.63, 3.8) is 0 Å². The SMILES string of the molecule is CC(C)(C)c1noc(C2CC23CCNC3)n1. The molecule has 0 bridgehead atoms. The summed E-state index contributed by atoms with van der Waals surface area (Å²) < 4.78 is 5.41. The molecule has 2 fully saturated rings. The number of aromatic nitrogens is 2. The van der Waals surface area contributed by atoms with Crippen LogP contribution in [-0.2, 0) is 5.41 Å². The van der Waals surface area contributed by atoms with Crippen LogP contribution in [0.1, 0.15) is 51.2 Å². The quantitative estimate of drug-likeness (QED) is 0.786. The highest BCUT2D eigenvalue weighted by molar-refractivity contribution is 5.20. The van der Waals surface area contributed by atoms with E-state index in [9.17, 15) is 0 Å². The zero-order valence-corrected chi connectivity index (χ0v) is 10.2. The molecule has 2 heterocycles. The molecule has 1 saturated carbocycles. The highest BCUT2D eigenvalue weighted by Gasteiger charge is 2.58. The molecule has 0 radical (unpaired) electrons. The molecular weight excluding hydrogens is 202 g/mol. The van der Waals surface area contributed by atoms with E-state index in [2.05, 4.69) is 36.2 Å². The Morgan fingerprint density at radius 2 is 2.25 bits per heavy atom. The van der Waals surface area contributed by atoms with Crippen LogP contribution in [0, 0.1) is 5.41 Å². The lowest BCUT2D eigenvalue weighted by Gasteiger charge is -2.10. The van der Waals surface area contributed by atoms with Crippen molar-refractivity contribution in [2.45, 2.75) is 44.9 Å². The number of nitrogens with one attached hydrogen (secondary N) is 1. The topological polar surface area (TPSA) is 51.0 Å². The van der Waals surface area contributed by atoms with Crippen LogP contribution in [-0.4, -0.2) is 23.2 Å². The van der Waals surface area contributed by atoms with Crippen LogP contribution < -0.4 is 5.32 Å². The second-order valence-corrected chi connectivity index (χ2v) is 6.25. The molecule has 2 atom stereocenters. The third-order valence-corrected chi connectivity index (χ3v) is 3.88. The Morgan fingerprint density at radius 3 is 2.81 bits per heavy atom. The van der Waals surface area contributed by atoms with Gasteiger partial charge in [0.25, 0.3) is 0 Å². The Balaban J connectivity index is 1.80. The van der Waals surface area contributed by atoms with Gasteiger partial charge in [-0.2, -0.15) is 4.98 Å². The van der Waals surface area contributed by atoms with Crippen molar-refractivity contribution < 1.29 is 4.52 Å². The van der Waals surface area contributed by atoms with Crippen LogP contribution in [0.25, 0.3) is 0 Å². The molecule has 88 valence electrons. The Morgan fingerprint density at radius 1 is 1.44 bits per heavy atom. The van der Waals surface area contributed by atoms with E-state index in [4.69, 9.17) is 4.52 Å². The summed E-state index contributed by atoms with van der Waals surface area (Å²) in [6.07, 6.45) is 2.47. The summed E-state index contributed by atoms with van der Waals surface area (Å²) in [5, 5.41) is 7.52. The molecule has 1 aromatic rings. The van der Waals surface area contributed by atoms with Gasteiger partial charge >= 0.3 is 0 Å². The van der Waals surface area contributed by atoms with E-state index in [0.29, 0.717) is 11.3 Å². The minimum atomic E-state index is -0.0161. The van der Waals surface area contributed by atoms with E-state index in [1.807, 2.05) is 0 Å². The first-order valence-corrected chi connectivity index (χ1v) is 6.06. The number of nitrogens with zero attached hydrogens (tertiary/aromatic N) is 2. The van der Waals surface area contributed by atoms with Crippen LogP contribution in [0.5, 0.6) is 0 Å². The molecule has 4 nitrogen and oxygen atoms in total. The number of hydrogen-bond donors (Lipinski definition) is 1. The van der Waals surface area contributed by atoms with Gasteiger partial charge in [-0.25, -0.2) is 0 Å². The van der Waals surface area contributed by atoms with Gasteiger partial charge in [0.05, 0.1) is 0 Å². The summed E-state index contributed by atoms with van der Waals surface area (Å²) in [5.74, 6) is 2.19. The van der Waals surface area contributed by atoms with Crippen LogP contribution in [0.3, 0.4) is 0 Å².